The fourth-order valence-electron chi connectivity index (χ4n) is 2.18. The smallest absolute Gasteiger partial charge is 0.121 e. The van der Waals surface area contributed by atoms with Crippen LogP contribution in [-0.4, -0.2) is 32.9 Å². The largest absolute Gasteiger partial charge is 0.497 e. The van der Waals surface area contributed by atoms with Crippen molar-refractivity contribution < 1.29 is 9.47 Å². The van der Waals surface area contributed by atoms with Crippen LogP contribution in [0.1, 0.15) is 18.9 Å². The quantitative estimate of drug-likeness (QED) is 0.820. The highest BCUT2D eigenvalue weighted by atomic mass is 16.5. The van der Waals surface area contributed by atoms with Crippen molar-refractivity contribution in [1.29, 1.82) is 5.26 Å². The van der Waals surface area contributed by atoms with Crippen molar-refractivity contribution in [2.75, 3.05) is 31.7 Å². The van der Waals surface area contributed by atoms with Crippen LogP contribution in [0.5, 0.6) is 5.75 Å². The van der Waals surface area contributed by atoms with Gasteiger partial charge in [0.15, 0.2) is 0 Å². The number of rotatable bonds is 3. The van der Waals surface area contributed by atoms with E-state index in [9.17, 15) is 5.26 Å². The Labute approximate surface area is 108 Å². The molecule has 1 unspecified atom stereocenters. The maximum atomic E-state index is 9.19. The van der Waals surface area contributed by atoms with Gasteiger partial charge in [-0.25, -0.2) is 0 Å². The van der Waals surface area contributed by atoms with E-state index in [0.717, 1.165) is 30.9 Å². The molecule has 0 radical (unpaired) electrons. The lowest BCUT2D eigenvalue weighted by atomic mass is 10.1. The van der Waals surface area contributed by atoms with Crippen LogP contribution in [0.15, 0.2) is 18.2 Å². The van der Waals surface area contributed by atoms with Crippen molar-refractivity contribution in [3.05, 3.63) is 23.8 Å². The van der Waals surface area contributed by atoms with Gasteiger partial charge in [0.25, 0.3) is 0 Å². The molecule has 18 heavy (non-hydrogen) atoms. The minimum absolute atomic E-state index is 0.247. The Morgan fingerprint density at radius 2 is 2.39 bits per heavy atom. The molecule has 1 aromatic rings. The number of morpholine rings is 1. The third-order valence-corrected chi connectivity index (χ3v) is 3.26. The predicted molar refractivity (Wildman–Crippen MR) is 70.0 cm³/mol. The van der Waals surface area contributed by atoms with Crippen LogP contribution < -0.4 is 9.64 Å². The first-order chi connectivity index (χ1) is 8.78. The first-order valence-corrected chi connectivity index (χ1v) is 6.23. The molecule has 0 bridgehead atoms. The number of benzene rings is 1. The van der Waals surface area contributed by atoms with Crippen molar-refractivity contribution in [3.63, 3.8) is 0 Å². The number of hydrogen-bond acceptors (Lipinski definition) is 4. The highest BCUT2D eigenvalue weighted by Gasteiger charge is 2.21. The highest BCUT2D eigenvalue weighted by Crippen LogP contribution is 2.27. The number of ether oxygens (including phenoxy) is 2. The van der Waals surface area contributed by atoms with Gasteiger partial charge in [0, 0.05) is 19.2 Å². The summed E-state index contributed by atoms with van der Waals surface area (Å²) in [5, 5.41) is 9.19. The molecular formula is C14H18N2O2. The third kappa shape index (κ3) is 2.57. The lowest BCUT2D eigenvalue weighted by molar-refractivity contribution is 0.0384. The number of nitrogens with zero attached hydrogens (tertiary/aromatic N) is 2. The predicted octanol–water partition coefficient (Wildman–Crippen LogP) is 2.18. The van der Waals surface area contributed by atoms with E-state index in [1.165, 1.54) is 0 Å². The molecule has 1 aliphatic heterocycles. The van der Waals surface area contributed by atoms with E-state index < -0.39 is 0 Å². The molecule has 1 aromatic carbocycles. The van der Waals surface area contributed by atoms with E-state index in [-0.39, 0.29) is 6.10 Å². The van der Waals surface area contributed by atoms with Gasteiger partial charge in [-0.05, 0) is 18.6 Å². The first-order valence-electron chi connectivity index (χ1n) is 6.23. The molecule has 0 N–H and O–H groups in total. The van der Waals surface area contributed by atoms with Gasteiger partial charge in [-0.1, -0.05) is 6.92 Å². The lowest BCUT2D eigenvalue weighted by Crippen LogP contribution is -2.42. The average molecular weight is 246 g/mol. The summed E-state index contributed by atoms with van der Waals surface area (Å²) in [7, 11) is 1.64. The SMILES string of the molecule is CCC1CN(c2cc(OC)ccc2C#N)CCO1. The molecular weight excluding hydrogens is 228 g/mol. The van der Waals surface area contributed by atoms with Crippen molar-refractivity contribution in [1.82, 2.24) is 0 Å². The van der Waals surface area contributed by atoms with Crippen LogP contribution in [0.2, 0.25) is 0 Å². The molecule has 96 valence electrons. The van der Waals surface area contributed by atoms with E-state index in [2.05, 4.69) is 17.9 Å². The van der Waals surface area contributed by atoms with E-state index >= 15 is 0 Å². The third-order valence-electron chi connectivity index (χ3n) is 3.26. The zero-order valence-electron chi connectivity index (χ0n) is 10.8. The van der Waals surface area contributed by atoms with Gasteiger partial charge in [0.2, 0.25) is 0 Å². The molecule has 1 atom stereocenters. The van der Waals surface area contributed by atoms with Crippen molar-refractivity contribution in [2.45, 2.75) is 19.4 Å². The molecule has 1 saturated heterocycles. The highest BCUT2D eigenvalue weighted by molar-refractivity contribution is 5.62. The lowest BCUT2D eigenvalue weighted by Gasteiger charge is -2.34. The standard InChI is InChI=1S/C14H18N2O2/c1-3-12-10-16(6-7-18-12)14-8-13(17-2)5-4-11(14)9-15/h4-5,8,12H,3,6-7,10H2,1-2H3. The minimum Gasteiger partial charge on any atom is -0.497 e. The fraction of sp³-hybridized carbons (Fsp3) is 0.500. The first kappa shape index (κ1) is 12.7. The Morgan fingerprint density at radius 1 is 1.56 bits per heavy atom. The maximum absolute atomic E-state index is 9.19. The van der Waals surface area contributed by atoms with Crippen LogP contribution in [0, 0.1) is 11.3 Å². The number of methoxy groups -OCH3 is 1. The molecule has 0 aromatic heterocycles. The molecule has 4 heteroatoms. The van der Waals surface area contributed by atoms with Gasteiger partial charge in [0.05, 0.1) is 31.1 Å². The Morgan fingerprint density at radius 3 is 3.06 bits per heavy atom. The van der Waals surface area contributed by atoms with Crippen LogP contribution in [0.25, 0.3) is 0 Å². The number of anilines is 1. The summed E-state index contributed by atoms with van der Waals surface area (Å²) in [4.78, 5) is 2.21. The molecule has 0 amide bonds. The minimum atomic E-state index is 0.247. The van der Waals surface area contributed by atoms with Gasteiger partial charge in [-0.3, -0.25) is 0 Å². The maximum Gasteiger partial charge on any atom is 0.121 e. The van der Waals surface area contributed by atoms with E-state index in [0.29, 0.717) is 12.2 Å². The van der Waals surface area contributed by atoms with E-state index in [1.807, 2.05) is 18.2 Å². The summed E-state index contributed by atoms with van der Waals surface area (Å²) >= 11 is 0. The van der Waals surface area contributed by atoms with Crippen LogP contribution in [0.3, 0.4) is 0 Å². The summed E-state index contributed by atoms with van der Waals surface area (Å²) in [6.45, 7) is 4.47. The summed E-state index contributed by atoms with van der Waals surface area (Å²) in [6.07, 6.45) is 1.24. The van der Waals surface area contributed by atoms with Gasteiger partial charge in [-0.15, -0.1) is 0 Å². The van der Waals surface area contributed by atoms with Gasteiger partial charge in [0.1, 0.15) is 11.8 Å². The van der Waals surface area contributed by atoms with Crippen molar-refractivity contribution in [3.8, 4) is 11.8 Å². The van der Waals surface area contributed by atoms with Crippen molar-refractivity contribution >= 4 is 5.69 Å². The number of nitriles is 1. The second-order valence-electron chi connectivity index (χ2n) is 4.34. The van der Waals surface area contributed by atoms with E-state index in [4.69, 9.17) is 9.47 Å². The summed E-state index contributed by atoms with van der Waals surface area (Å²) in [5.41, 5.74) is 1.63. The second-order valence-corrected chi connectivity index (χ2v) is 4.34. The van der Waals surface area contributed by atoms with Crippen LogP contribution >= 0.6 is 0 Å². The zero-order valence-corrected chi connectivity index (χ0v) is 10.8. The Balaban J connectivity index is 2.28. The van der Waals surface area contributed by atoms with Crippen LogP contribution in [0.4, 0.5) is 5.69 Å². The topological polar surface area (TPSA) is 45.5 Å². The molecule has 1 heterocycles. The Bertz CT molecular complexity index is 454. The molecule has 0 aliphatic carbocycles. The molecule has 0 spiro atoms. The monoisotopic (exact) mass is 246 g/mol. The average Bonchev–Trinajstić information content (AvgIpc) is 2.46. The molecule has 2 rings (SSSR count). The van der Waals surface area contributed by atoms with E-state index in [1.54, 1.807) is 7.11 Å². The van der Waals surface area contributed by atoms with Gasteiger partial charge >= 0.3 is 0 Å². The Hall–Kier alpha value is -1.73. The molecule has 1 fully saturated rings. The van der Waals surface area contributed by atoms with Gasteiger partial charge < -0.3 is 14.4 Å². The normalized spacial score (nSPS) is 19.4. The van der Waals surface area contributed by atoms with Crippen LogP contribution in [-0.2, 0) is 4.74 Å². The van der Waals surface area contributed by atoms with Crippen molar-refractivity contribution in [2.24, 2.45) is 0 Å². The Kier molecular flexibility index (Phi) is 4.06. The molecule has 4 nitrogen and oxygen atoms in total. The molecule has 0 saturated carbocycles. The number of hydrogen-bond donors (Lipinski definition) is 0. The zero-order chi connectivity index (χ0) is 13.0. The summed E-state index contributed by atoms with van der Waals surface area (Å²) < 4.78 is 10.9. The molecule has 1 aliphatic rings. The van der Waals surface area contributed by atoms with Gasteiger partial charge in [-0.2, -0.15) is 5.26 Å². The summed E-state index contributed by atoms with van der Waals surface area (Å²) in [6, 6.07) is 7.80. The second kappa shape index (κ2) is 5.74. The fourth-order valence-corrected chi connectivity index (χ4v) is 2.18. The summed E-state index contributed by atoms with van der Waals surface area (Å²) in [5.74, 6) is 0.781.